The molecule has 0 unspecified atom stereocenters. The second kappa shape index (κ2) is 9.45. The van der Waals surface area contributed by atoms with E-state index in [9.17, 15) is 14.4 Å². The lowest BCUT2D eigenvalue weighted by molar-refractivity contribution is -0.156. The van der Waals surface area contributed by atoms with Crippen molar-refractivity contribution in [3.63, 3.8) is 0 Å². The van der Waals surface area contributed by atoms with Gasteiger partial charge in [0.2, 0.25) is 5.91 Å². The topological polar surface area (TPSA) is 88.8 Å². The number of benzene rings is 1. The monoisotopic (exact) mass is 402 g/mol. The minimum Gasteiger partial charge on any atom is -0.466 e. The second-order valence-corrected chi connectivity index (χ2v) is 7.45. The summed E-state index contributed by atoms with van der Waals surface area (Å²) in [7, 11) is 0. The number of carbonyl (C=O) groups is 3. The van der Waals surface area contributed by atoms with E-state index in [1.807, 2.05) is 30.3 Å². The molecule has 2 heterocycles. The first-order valence-corrected chi connectivity index (χ1v) is 10.0. The summed E-state index contributed by atoms with van der Waals surface area (Å²) in [4.78, 5) is 37.9. The van der Waals surface area contributed by atoms with Crippen molar-refractivity contribution in [1.82, 2.24) is 10.2 Å². The van der Waals surface area contributed by atoms with Gasteiger partial charge < -0.3 is 19.4 Å². The first kappa shape index (κ1) is 20.0. The summed E-state index contributed by atoms with van der Waals surface area (Å²) in [6.45, 7) is 1.49. The van der Waals surface area contributed by atoms with Crippen LogP contribution in [-0.4, -0.2) is 47.6 Å². The Bertz CT molecular complexity index is 809. The van der Waals surface area contributed by atoms with Gasteiger partial charge in [0.05, 0.1) is 6.26 Å². The van der Waals surface area contributed by atoms with Crippen LogP contribution in [0.4, 0.5) is 0 Å². The maximum absolute atomic E-state index is 12.4. The standard InChI is InChI=1S/C20H22N2O5S/c1-14(23)22-16(13-28-19(22)17-8-5-11-26-17)20(25)27-12-18(24)21-10-9-15-6-3-2-4-7-15/h2-8,11,16,19H,9-10,12-13H2,1H3,(H,21,24)/t16-,19+/m0/s1. The first-order chi connectivity index (χ1) is 13.6. The Hall–Kier alpha value is -2.74. The molecule has 28 heavy (non-hydrogen) atoms. The predicted molar refractivity (Wildman–Crippen MR) is 104 cm³/mol. The summed E-state index contributed by atoms with van der Waals surface area (Å²) in [6.07, 6.45) is 2.22. The quantitative estimate of drug-likeness (QED) is 0.714. The van der Waals surface area contributed by atoms with Gasteiger partial charge in [-0.15, -0.1) is 11.8 Å². The van der Waals surface area contributed by atoms with Gasteiger partial charge in [0, 0.05) is 19.2 Å². The molecule has 2 atom stereocenters. The minimum atomic E-state index is -0.741. The summed E-state index contributed by atoms with van der Waals surface area (Å²) >= 11 is 1.43. The van der Waals surface area contributed by atoms with Crippen LogP contribution < -0.4 is 5.32 Å². The van der Waals surface area contributed by atoms with Crippen molar-refractivity contribution >= 4 is 29.5 Å². The number of hydrogen-bond acceptors (Lipinski definition) is 6. The van der Waals surface area contributed by atoms with Crippen molar-refractivity contribution in [2.75, 3.05) is 18.9 Å². The maximum atomic E-state index is 12.4. The average molecular weight is 402 g/mol. The lowest BCUT2D eigenvalue weighted by atomic mass is 10.1. The zero-order valence-electron chi connectivity index (χ0n) is 15.5. The van der Waals surface area contributed by atoms with E-state index in [-0.39, 0.29) is 23.8 Å². The number of ether oxygens (including phenoxy) is 1. The molecule has 3 rings (SSSR count). The Labute approximate surface area is 167 Å². The molecule has 0 spiro atoms. The molecule has 1 fully saturated rings. The lowest BCUT2D eigenvalue weighted by Crippen LogP contribution is -2.43. The zero-order chi connectivity index (χ0) is 19.9. The largest absolute Gasteiger partial charge is 0.466 e. The molecule has 2 aromatic rings. The van der Waals surface area contributed by atoms with Gasteiger partial charge in [0.1, 0.15) is 17.2 Å². The molecular formula is C20H22N2O5S. The highest BCUT2D eigenvalue weighted by molar-refractivity contribution is 7.99. The molecule has 0 bridgehead atoms. The smallest absolute Gasteiger partial charge is 0.330 e. The van der Waals surface area contributed by atoms with Gasteiger partial charge in [-0.25, -0.2) is 4.79 Å². The van der Waals surface area contributed by atoms with Crippen LogP contribution >= 0.6 is 11.8 Å². The third kappa shape index (κ3) is 4.95. The fourth-order valence-corrected chi connectivity index (χ4v) is 4.41. The number of amides is 2. The van der Waals surface area contributed by atoms with Crippen molar-refractivity contribution in [2.45, 2.75) is 24.8 Å². The van der Waals surface area contributed by atoms with Crippen molar-refractivity contribution in [2.24, 2.45) is 0 Å². The number of nitrogens with one attached hydrogen (secondary N) is 1. The molecule has 8 heteroatoms. The molecule has 1 aromatic heterocycles. The Morgan fingerprint density at radius 1 is 1.21 bits per heavy atom. The lowest BCUT2D eigenvalue weighted by Gasteiger charge is -2.25. The molecule has 7 nitrogen and oxygen atoms in total. The molecule has 0 aliphatic carbocycles. The van der Waals surface area contributed by atoms with Gasteiger partial charge in [-0.1, -0.05) is 30.3 Å². The molecule has 1 aromatic carbocycles. The molecule has 148 valence electrons. The fraction of sp³-hybridized carbons (Fsp3) is 0.350. The molecule has 1 N–H and O–H groups in total. The van der Waals surface area contributed by atoms with Crippen LogP contribution in [0.3, 0.4) is 0 Å². The van der Waals surface area contributed by atoms with Crippen LogP contribution in [0.15, 0.2) is 53.1 Å². The highest BCUT2D eigenvalue weighted by Gasteiger charge is 2.43. The molecule has 1 saturated heterocycles. The number of rotatable bonds is 7. The molecule has 0 radical (unpaired) electrons. The Morgan fingerprint density at radius 3 is 2.68 bits per heavy atom. The number of esters is 1. The van der Waals surface area contributed by atoms with Crippen LogP contribution in [-0.2, 0) is 25.5 Å². The van der Waals surface area contributed by atoms with Gasteiger partial charge >= 0.3 is 5.97 Å². The summed E-state index contributed by atoms with van der Waals surface area (Å²) in [5.41, 5.74) is 1.11. The SMILES string of the molecule is CC(=O)N1[C@@H](c2ccco2)SC[C@H]1C(=O)OCC(=O)NCCc1ccccc1. The Morgan fingerprint density at radius 2 is 2.00 bits per heavy atom. The fourth-order valence-electron chi connectivity index (χ4n) is 3.00. The summed E-state index contributed by atoms with van der Waals surface area (Å²) in [6, 6.07) is 12.5. The maximum Gasteiger partial charge on any atom is 0.330 e. The molecule has 1 aliphatic rings. The highest BCUT2D eigenvalue weighted by Crippen LogP contribution is 2.41. The molecule has 1 aliphatic heterocycles. The highest BCUT2D eigenvalue weighted by atomic mass is 32.2. The van der Waals surface area contributed by atoms with Crippen molar-refractivity contribution in [3.8, 4) is 0 Å². The van der Waals surface area contributed by atoms with E-state index < -0.39 is 12.0 Å². The van der Waals surface area contributed by atoms with E-state index in [1.165, 1.54) is 29.8 Å². The van der Waals surface area contributed by atoms with E-state index in [2.05, 4.69) is 5.32 Å². The van der Waals surface area contributed by atoms with Gasteiger partial charge in [-0.2, -0.15) is 0 Å². The van der Waals surface area contributed by atoms with E-state index in [1.54, 1.807) is 12.1 Å². The van der Waals surface area contributed by atoms with Crippen LogP contribution in [0.5, 0.6) is 0 Å². The van der Waals surface area contributed by atoms with Crippen LogP contribution in [0.1, 0.15) is 23.6 Å². The van der Waals surface area contributed by atoms with Gasteiger partial charge in [0.25, 0.3) is 5.91 Å². The second-order valence-electron chi connectivity index (χ2n) is 6.34. The number of hydrogen-bond donors (Lipinski definition) is 1. The number of carbonyl (C=O) groups excluding carboxylic acids is 3. The van der Waals surface area contributed by atoms with Gasteiger partial charge in [0.15, 0.2) is 6.61 Å². The summed E-state index contributed by atoms with van der Waals surface area (Å²) in [5, 5.41) is 2.35. The Kier molecular flexibility index (Phi) is 6.76. The first-order valence-electron chi connectivity index (χ1n) is 8.97. The summed E-state index contributed by atoms with van der Waals surface area (Å²) in [5.74, 6) is -0.212. The number of furan rings is 1. The van der Waals surface area contributed by atoms with E-state index in [0.717, 1.165) is 5.56 Å². The van der Waals surface area contributed by atoms with E-state index >= 15 is 0 Å². The number of nitrogens with zero attached hydrogens (tertiary/aromatic N) is 1. The normalized spacial score (nSPS) is 18.7. The van der Waals surface area contributed by atoms with Crippen LogP contribution in [0, 0.1) is 0 Å². The third-order valence-corrected chi connectivity index (χ3v) is 5.63. The minimum absolute atomic E-state index is 0.249. The van der Waals surface area contributed by atoms with Gasteiger partial charge in [-0.3, -0.25) is 9.59 Å². The molecule has 2 amide bonds. The number of thioether (sulfide) groups is 1. The third-order valence-electron chi connectivity index (χ3n) is 4.35. The van der Waals surface area contributed by atoms with Crippen LogP contribution in [0.25, 0.3) is 0 Å². The Balaban J connectivity index is 1.47. The molecular weight excluding hydrogens is 380 g/mol. The van der Waals surface area contributed by atoms with Crippen molar-refractivity contribution in [1.29, 1.82) is 0 Å². The predicted octanol–water partition coefficient (Wildman–Crippen LogP) is 2.14. The van der Waals surface area contributed by atoms with Crippen molar-refractivity contribution < 1.29 is 23.5 Å². The molecule has 0 saturated carbocycles. The summed E-state index contributed by atoms with van der Waals surface area (Å²) < 4.78 is 10.5. The van der Waals surface area contributed by atoms with E-state index in [0.29, 0.717) is 24.5 Å². The zero-order valence-corrected chi connectivity index (χ0v) is 16.3. The van der Waals surface area contributed by atoms with E-state index in [4.69, 9.17) is 9.15 Å². The van der Waals surface area contributed by atoms with Crippen LogP contribution in [0.2, 0.25) is 0 Å². The average Bonchev–Trinajstić information content (AvgIpc) is 3.36. The van der Waals surface area contributed by atoms with Crippen molar-refractivity contribution in [3.05, 3.63) is 60.1 Å². The van der Waals surface area contributed by atoms with Gasteiger partial charge in [-0.05, 0) is 24.1 Å².